The molecule has 0 spiro atoms. The quantitative estimate of drug-likeness (QED) is 0.570. The Morgan fingerprint density at radius 2 is 1.81 bits per heavy atom. The predicted molar refractivity (Wildman–Crippen MR) is 64.2 cm³/mol. The highest BCUT2D eigenvalue weighted by atomic mass is 16.2. The molecular weight excluding hydrogens is 206 g/mol. The van der Waals surface area contributed by atoms with E-state index in [1.165, 1.54) is 0 Å². The first kappa shape index (κ1) is 14.7. The molecule has 3 N–H and O–H groups in total. The van der Waals surface area contributed by atoms with Crippen molar-refractivity contribution in [2.45, 2.75) is 46.1 Å². The summed E-state index contributed by atoms with van der Waals surface area (Å²) in [6.07, 6.45) is 3.20. The van der Waals surface area contributed by atoms with Crippen LogP contribution in [0.5, 0.6) is 0 Å². The fourth-order valence-electron chi connectivity index (χ4n) is 1.22. The maximum Gasteiger partial charge on any atom is 0.315 e. The highest BCUT2D eigenvalue weighted by Gasteiger charge is 2.13. The van der Waals surface area contributed by atoms with Crippen molar-refractivity contribution >= 4 is 11.9 Å². The number of urea groups is 1. The predicted octanol–water partition coefficient (Wildman–Crippen LogP) is 1.00. The molecule has 0 aromatic carbocycles. The van der Waals surface area contributed by atoms with Crippen molar-refractivity contribution in [1.82, 2.24) is 16.0 Å². The summed E-state index contributed by atoms with van der Waals surface area (Å²) in [6, 6.07) is -0.777. The molecule has 5 nitrogen and oxygen atoms in total. The van der Waals surface area contributed by atoms with E-state index >= 15 is 0 Å². The number of carbonyl (C=O) groups is 2. The van der Waals surface area contributed by atoms with Gasteiger partial charge in [0, 0.05) is 13.1 Å². The van der Waals surface area contributed by atoms with Crippen LogP contribution in [0, 0.1) is 0 Å². The topological polar surface area (TPSA) is 70.2 Å². The second kappa shape index (κ2) is 9.00. The third-order valence-corrected chi connectivity index (χ3v) is 2.16. The zero-order valence-electron chi connectivity index (χ0n) is 10.4. The number of likely N-dealkylation sites (N-methyl/N-ethyl adjacent to an activating group) is 1. The molecule has 0 aliphatic rings. The Bertz CT molecular complexity index is 219. The third kappa shape index (κ3) is 7.09. The highest BCUT2D eigenvalue weighted by Crippen LogP contribution is 1.91. The van der Waals surface area contributed by atoms with Crippen LogP contribution in [0.2, 0.25) is 0 Å². The van der Waals surface area contributed by atoms with Gasteiger partial charge < -0.3 is 16.0 Å². The molecule has 0 aliphatic heterocycles. The van der Waals surface area contributed by atoms with Gasteiger partial charge in [-0.3, -0.25) is 4.79 Å². The standard InChI is InChI=1S/C11H23N3O2/c1-4-6-7-8-13-11(16)14-9(3)10(15)12-5-2/h9H,4-8H2,1-3H3,(H,12,15)(H2,13,14,16)/t9-/m1/s1. The number of rotatable bonds is 7. The van der Waals surface area contributed by atoms with E-state index in [2.05, 4.69) is 22.9 Å². The summed E-state index contributed by atoms with van der Waals surface area (Å²) in [5.41, 5.74) is 0. The van der Waals surface area contributed by atoms with Gasteiger partial charge in [-0.05, 0) is 20.3 Å². The minimum absolute atomic E-state index is 0.161. The maximum absolute atomic E-state index is 11.3. The summed E-state index contributed by atoms with van der Waals surface area (Å²) in [5, 5.41) is 7.94. The zero-order valence-corrected chi connectivity index (χ0v) is 10.4. The monoisotopic (exact) mass is 229 g/mol. The first-order valence-electron chi connectivity index (χ1n) is 5.93. The van der Waals surface area contributed by atoms with Gasteiger partial charge in [0.15, 0.2) is 0 Å². The molecule has 0 bridgehead atoms. The summed E-state index contributed by atoms with van der Waals surface area (Å²) in [5.74, 6) is -0.161. The Kier molecular flexibility index (Phi) is 8.29. The lowest BCUT2D eigenvalue weighted by Crippen LogP contribution is -2.48. The highest BCUT2D eigenvalue weighted by molar-refractivity contribution is 5.86. The maximum atomic E-state index is 11.3. The molecule has 0 saturated carbocycles. The molecule has 5 heteroatoms. The molecule has 0 aliphatic carbocycles. The van der Waals surface area contributed by atoms with E-state index in [0.717, 1.165) is 19.3 Å². The van der Waals surface area contributed by atoms with Gasteiger partial charge in [0.25, 0.3) is 0 Å². The number of carbonyl (C=O) groups excluding carboxylic acids is 2. The summed E-state index contributed by atoms with van der Waals surface area (Å²) in [6.45, 7) is 6.84. The van der Waals surface area contributed by atoms with Crippen LogP contribution in [0.1, 0.15) is 40.0 Å². The lowest BCUT2D eigenvalue weighted by atomic mass is 10.2. The average Bonchev–Trinajstić information content (AvgIpc) is 2.24. The molecule has 0 saturated heterocycles. The van der Waals surface area contributed by atoms with Crippen LogP contribution in [0.25, 0.3) is 0 Å². The Hall–Kier alpha value is -1.26. The first-order chi connectivity index (χ1) is 7.61. The van der Waals surface area contributed by atoms with E-state index in [0.29, 0.717) is 13.1 Å². The van der Waals surface area contributed by atoms with Gasteiger partial charge in [0.1, 0.15) is 6.04 Å². The van der Waals surface area contributed by atoms with E-state index in [-0.39, 0.29) is 11.9 Å². The van der Waals surface area contributed by atoms with E-state index in [1.54, 1.807) is 6.92 Å². The van der Waals surface area contributed by atoms with Crippen molar-refractivity contribution in [3.05, 3.63) is 0 Å². The molecule has 0 fully saturated rings. The first-order valence-corrected chi connectivity index (χ1v) is 5.93. The molecule has 94 valence electrons. The van der Waals surface area contributed by atoms with E-state index in [1.807, 2.05) is 6.92 Å². The molecule has 1 atom stereocenters. The second-order valence-electron chi connectivity index (χ2n) is 3.72. The van der Waals surface area contributed by atoms with Gasteiger partial charge in [0.2, 0.25) is 5.91 Å². The number of unbranched alkanes of at least 4 members (excludes halogenated alkanes) is 2. The summed E-state index contributed by atoms with van der Waals surface area (Å²) < 4.78 is 0. The van der Waals surface area contributed by atoms with Crippen LogP contribution in [0.4, 0.5) is 4.79 Å². The van der Waals surface area contributed by atoms with Crippen LogP contribution in [0.15, 0.2) is 0 Å². The second-order valence-corrected chi connectivity index (χ2v) is 3.72. The molecule has 0 aromatic rings. The largest absolute Gasteiger partial charge is 0.355 e. The minimum atomic E-state index is -0.494. The number of hydrogen-bond donors (Lipinski definition) is 3. The van der Waals surface area contributed by atoms with Gasteiger partial charge in [-0.15, -0.1) is 0 Å². The molecule has 16 heavy (non-hydrogen) atoms. The van der Waals surface area contributed by atoms with Crippen LogP contribution in [-0.4, -0.2) is 31.1 Å². The van der Waals surface area contributed by atoms with Crippen LogP contribution >= 0.6 is 0 Å². The van der Waals surface area contributed by atoms with Crippen molar-refractivity contribution < 1.29 is 9.59 Å². The van der Waals surface area contributed by atoms with Gasteiger partial charge in [-0.25, -0.2) is 4.79 Å². The van der Waals surface area contributed by atoms with Crippen LogP contribution in [-0.2, 0) is 4.79 Å². The number of nitrogens with one attached hydrogen (secondary N) is 3. The summed E-state index contributed by atoms with van der Waals surface area (Å²) in [7, 11) is 0. The number of amides is 3. The molecule has 0 heterocycles. The van der Waals surface area contributed by atoms with E-state index in [9.17, 15) is 9.59 Å². The zero-order chi connectivity index (χ0) is 12.4. The molecular formula is C11H23N3O2. The van der Waals surface area contributed by atoms with Gasteiger partial charge in [0.05, 0.1) is 0 Å². The Morgan fingerprint density at radius 3 is 2.38 bits per heavy atom. The minimum Gasteiger partial charge on any atom is -0.355 e. The van der Waals surface area contributed by atoms with Crippen molar-refractivity contribution in [2.75, 3.05) is 13.1 Å². The molecule has 0 radical (unpaired) electrons. The van der Waals surface area contributed by atoms with E-state index < -0.39 is 6.04 Å². The smallest absolute Gasteiger partial charge is 0.315 e. The third-order valence-electron chi connectivity index (χ3n) is 2.16. The SMILES string of the molecule is CCCCCNC(=O)N[C@H](C)C(=O)NCC. The Labute approximate surface area is 97.4 Å². The van der Waals surface area contributed by atoms with Gasteiger partial charge in [-0.1, -0.05) is 19.8 Å². The Balaban J connectivity index is 3.65. The lowest BCUT2D eigenvalue weighted by Gasteiger charge is -2.13. The van der Waals surface area contributed by atoms with E-state index in [4.69, 9.17) is 0 Å². The normalized spacial score (nSPS) is 11.7. The van der Waals surface area contributed by atoms with Gasteiger partial charge in [-0.2, -0.15) is 0 Å². The lowest BCUT2D eigenvalue weighted by molar-refractivity contribution is -0.122. The van der Waals surface area contributed by atoms with Crippen molar-refractivity contribution in [2.24, 2.45) is 0 Å². The van der Waals surface area contributed by atoms with Crippen molar-refractivity contribution in [3.63, 3.8) is 0 Å². The van der Waals surface area contributed by atoms with Crippen molar-refractivity contribution in [1.29, 1.82) is 0 Å². The summed E-state index contributed by atoms with van der Waals surface area (Å²) >= 11 is 0. The Morgan fingerprint density at radius 1 is 1.12 bits per heavy atom. The molecule has 3 amide bonds. The fourth-order valence-corrected chi connectivity index (χ4v) is 1.22. The number of hydrogen-bond acceptors (Lipinski definition) is 2. The molecule has 0 rings (SSSR count). The van der Waals surface area contributed by atoms with Crippen LogP contribution in [0.3, 0.4) is 0 Å². The fraction of sp³-hybridized carbons (Fsp3) is 0.818. The van der Waals surface area contributed by atoms with Gasteiger partial charge >= 0.3 is 6.03 Å². The summed E-state index contributed by atoms with van der Waals surface area (Å²) in [4.78, 5) is 22.6. The molecule has 0 aromatic heterocycles. The van der Waals surface area contributed by atoms with Crippen LogP contribution < -0.4 is 16.0 Å². The average molecular weight is 229 g/mol. The van der Waals surface area contributed by atoms with Crippen molar-refractivity contribution in [3.8, 4) is 0 Å². The molecule has 0 unspecified atom stereocenters.